The van der Waals surface area contributed by atoms with Gasteiger partial charge >= 0.3 is 5.97 Å². The summed E-state index contributed by atoms with van der Waals surface area (Å²) in [5, 5.41) is 10.8. The lowest BCUT2D eigenvalue weighted by molar-refractivity contribution is -0.141. The van der Waals surface area contributed by atoms with Gasteiger partial charge in [0.15, 0.2) is 11.5 Å². The van der Waals surface area contributed by atoms with Crippen molar-refractivity contribution < 1.29 is 24.2 Å². The number of carbonyl (C=O) groups is 2. The fourth-order valence-electron chi connectivity index (χ4n) is 1.67. The van der Waals surface area contributed by atoms with Gasteiger partial charge in [0.2, 0.25) is 6.10 Å². The van der Waals surface area contributed by atoms with E-state index < -0.39 is 30.6 Å². The molecule has 6 heteroatoms. The first-order valence-electron chi connectivity index (χ1n) is 5.50. The summed E-state index contributed by atoms with van der Waals surface area (Å²) in [5.41, 5.74) is 0. The van der Waals surface area contributed by atoms with Gasteiger partial charge < -0.3 is 19.9 Å². The van der Waals surface area contributed by atoms with Crippen LogP contribution in [-0.2, 0) is 9.59 Å². The molecule has 1 aliphatic heterocycles. The summed E-state index contributed by atoms with van der Waals surface area (Å²) < 4.78 is 11.0. The highest BCUT2D eigenvalue weighted by atomic mass is 16.6. The van der Waals surface area contributed by atoms with Gasteiger partial charge in [0.25, 0.3) is 5.91 Å². The number of hydrogen-bond acceptors (Lipinski definition) is 4. The first-order valence-corrected chi connectivity index (χ1v) is 5.50. The van der Waals surface area contributed by atoms with E-state index in [1.807, 2.05) is 0 Å². The van der Waals surface area contributed by atoms with Crippen molar-refractivity contribution in [3.8, 4) is 11.5 Å². The van der Waals surface area contributed by atoms with Gasteiger partial charge in [0.1, 0.15) is 12.6 Å². The third kappa shape index (κ3) is 2.53. The largest absolute Gasteiger partial charge is 0.482 e. The van der Waals surface area contributed by atoms with Crippen LogP contribution >= 0.6 is 0 Å². The number of carboxylic acid groups (broad SMARTS) is 1. The van der Waals surface area contributed by atoms with Gasteiger partial charge in [0.05, 0.1) is 0 Å². The SMILES string of the molecule is CC1Oc2ccccc2OC1C(=O)NCC(=O)O. The zero-order chi connectivity index (χ0) is 13.1. The van der Waals surface area contributed by atoms with Gasteiger partial charge in [-0.05, 0) is 19.1 Å². The summed E-state index contributed by atoms with van der Waals surface area (Å²) in [6.45, 7) is 1.26. The van der Waals surface area contributed by atoms with Gasteiger partial charge in [0, 0.05) is 0 Å². The van der Waals surface area contributed by atoms with Crippen LogP contribution in [0, 0.1) is 0 Å². The maximum atomic E-state index is 11.7. The molecule has 1 aliphatic rings. The molecular weight excluding hydrogens is 238 g/mol. The molecule has 1 aromatic rings. The Kier molecular flexibility index (Phi) is 3.36. The predicted octanol–water partition coefficient (Wildman–Crippen LogP) is 0.416. The number of carboxylic acids is 1. The van der Waals surface area contributed by atoms with Crippen molar-refractivity contribution in [2.24, 2.45) is 0 Å². The number of nitrogens with one attached hydrogen (secondary N) is 1. The molecule has 0 saturated heterocycles. The number of rotatable bonds is 3. The van der Waals surface area contributed by atoms with Gasteiger partial charge in [-0.3, -0.25) is 9.59 Å². The molecule has 6 nitrogen and oxygen atoms in total. The van der Waals surface area contributed by atoms with E-state index in [2.05, 4.69) is 5.32 Å². The molecule has 2 unspecified atom stereocenters. The van der Waals surface area contributed by atoms with Crippen LogP contribution in [0.15, 0.2) is 24.3 Å². The molecular formula is C12H13NO5. The molecule has 18 heavy (non-hydrogen) atoms. The maximum absolute atomic E-state index is 11.7. The first-order chi connectivity index (χ1) is 8.58. The predicted molar refractivity (Wildman–Crippen MR) is 61.6 cm³/mol. The van der Waals surface area contributed by atoms with E-state index in [1.165, 1.54) is 0 Å². The number of amides is 1. The second-order valence-electron chi connectivity index (χ2n) is 3.92. The Bertz CT molecular complexity index is 473. The minimum Gasteiger partial charge on any atom is -0.482 e. The standard InChI is InChI=1S/C12H13NO5/c1-7-11(12(16)13-6-10(14)15)18-9-5-3-2-4-8(9)17-7/h2-5,7,11H,6H2,1H3,(H,13,16)(H,14,15). The molecule has 1 aromatic carbocycles. The number of benzene rings is 1. The summed E-state index contributed by atoms with van der Waals surface area (Å²) in [5.74, 6) is -0.550. The lowest BCUT2D eigenvalue weighted by Crippen LogP contribution is -2.49. The highest BCUT2D eigenvalue weighted by molar-refractivity contribution is 5.85. The maximum Gasteiger partial charge on any atom is 0.322 e. The van der Waals surface area contributed by atoms with Crippen LogP contribution in [0.5, 0.6) is 11.5 Å². The molecule has 0 fully saturated rings. The lowest BCUT2D eigenvalue weighted by Gasteiger charge is -2.30. The molecule has 2 N–H and O–H groups in total. The quantitative estimate of drug-likeness (QED) is 0.813. The number of fused-ring (bicyclic) bond motifs is 1. The molecule has 1 amide bonds. The molecule has 2 atom stereocenters. The molecule has 96 valence electrons. The number of ether oxygens (including phenoxy) is 2. The Morgan fingerprint density at radius 3 is 2.50 bits per heavy atom. The Balaban J connectivity index is 2.07. The topological polar surface area (TPSA) is 84.9 Å². The summed E-state index contributed by atoms with van der Waals surface area (Å²) in [6.07, 6.45) is -1.33. The zero-order valence-corrected chi connectivity index (χ0v) is 9.75. The highest BCUT2D eigenvalue weighted by Gasteiger charge is 2.33. The van der Waals surface area contributed by atoms with E-state index in [4.69, 9.17) is 14.6 Å². The van der Waals surface area contributed by atoms with Gasteiger partial charge in [-0.1, -0.05) is 12.1 Å². The van der Waals surface area contributed by atoms with E-state index in [-0.39, 0.29) is 0 Å². The first kappa shape index (κ1) is 12.2. The Labute approximate surface area is 104 Å². The number of para-hydroxylation sites is 2. The molecule has 2 rings (SSSR count). The third-order valence-electron chi connectivity index (χ3n) is 2.51. The van der Waals surface area contributed by atoms with Crippen molar-refractivity contribution in [2.45, 2.75) is 19.1 Å². The Morgan fingerprint density at radius 1 is 1.28 bits per heavy atom. The number of carbonyl (C=O) groups excluding carboxylic acids is 1. The van der Waals surface area contributed by atoms with E-state index in [0.29, 0.717) is 11.5 Å². The van der Waals surface area contributed by atoms with Gasteiger partial charge in [-0.2, -0.15) is 0 Å². The van der Waals surface area contributed by atoms with Crippen molar-refractivity contribution in [3.05, 3.63) is 24.3 Å². The molecule has 0 radical (unpaired) electrons. The van der Waals surface area contributed by atoms with E-state index in [0.717, 1.165) is 0 Å². The van der Waals surface area contributed by atoms with Gasteiger partial charge in [-0.15, -0.1) is 0 Å². The Morgan fingerprint density at radius 2 is 1.89 bits per heavy atom. The molecule has 0 saturated carbocycles. The molecule has 1 heterocycles. The van der Waals surface area contributed by atoms with Crippen molar-refractivity contribution in [1.82, 2.24) is 5.32 Å². The number of aliphatic carboxylic acids is 1. The normalized spacial score (nSPS) is 21.2. The monoisotopic (exact) mass is 251 g/mol. The molecule has 0 aliphatic carbocycles. The van der Waals surface area contributed by atoms with Crippen LogP contribution in [0.1, 0.15) is 6.92 Å². The van der Waals surface area contributed by atoms with Crippen molar-refractivity contribution >= 4 is 11.9 Å². The summed E-state index contributed by atoms with van der Waals surface area (Å²) in [6, 6.07) is 7.01. The van der Waals surface area contributed by atoms with E-state index >= 15 is 0 Å². The average molecular weight is 251 g/mol. The second kappa shape index (κ2) is 4.95. The van der Waals surface area contributed by atoms with Crippen molar-refractivity contribution in [2.75, 3.05) is 6.54 Å². The van der Waals surface area contributed by atoms with Gasteiger partial charge in [-0.25, -0.2) is 0 Å². The number of hydrogen-bond donors (Lipinski definition) is 2. The molecule has 0 aromatic heterocycles. The van der Waals surface area contributed by atoms with E-state index in [9.17, 15) is 9.59 Å². The smallest absolute Gasteiger partial charge is 0.322 e. The summed E-state index contributed by atoms with van der Waals surface area (Å²) >= 11 is 0. The fourth-order valence-corrected chi connectivity index (χ4v) is 1.67. The zero-order valence-electron chi connectivity index (χ0n) is 9.75. The van der Waals surface area contributed by atoms with Crippen LogP contribution in [0.25, 0.3) is 0 Å². The van der Waals surface area contributed by atoms with Crippen molar-refractivity contribution in [1.29, 1.82) is 0 Å². The van der Waals surface area contributed by atoms with Crippen molar-refractivity contribution in [3.63, 3.8) is 0 Å². The Hall–Kier alpha value is -2.24. The van der Waals surface area contributed by atoms with Crippen LogP contribution in [0.4, 0.5) is 0 Å². The van der Waals surface area contributed by atoms with Crippen LogP contribution in [0.3, 0.4) is 0 Å². The van der Waals surface area contributed by atoms with Crippen LogP contribution in [-0.4, -0.2) is 35.7 Å². The highest BCUT2D eigenvalue weighted by Crippen LogP contribution is 2.33. The van der Waals surface area contributed by atoms with Crippen LogP contribution in [0.2, 0.25) is 0 Å². The summed E-state index contributed by atoms with van der Waals surface area (Å²) in [4.78, 5) is 22.1. The average Bonchev–Trinajstić information content (AvgIpc) is 2.35. The van der Waals surface area contributed by atoms with Crippen LogP contribution < -0.4 is 14.8 Å². The third-order valence-corrected chi connectivity index (χ3v) is 2.51. The summed E-state index contributed by atoms with van der Waals surface area (Å²) in [7, 11) is 0. The van der Waals surface area contributed by atoms with E-state index in [1.54, 1.807) is 31.2 Å². The minimum atomic E-state index is -1.10. The second-order valence-corrected chi connectivity index (χ2v) is 3.92. The minimum absolute atomic E-state index is 0.437. The molecule has 0 spiro atoms. The fraction of sp³-hybridized carbons (Fsp3) is 0.333. The lowest BCUT2D eigenvalue weighted by atomic mass is 10.1. The molecule has 0 bridgehead atoms.